The van der Waals surface area contributed by atoms with Gasteiger partial charge in [-0.25, -0.2) is 0 Å². The summed E-state index contributed by atoms with van der Waals surface area (Å²) in [4.78, 5) is 0. The van der Waals surface area contributed by atoms with E-state index in [0.29, 0.717) is 6.61 Å². The summed E-state index contributed by atoms with van der Waals surface area (Å²) >= 11 is 0. The van der Waals surface area contributed by atoms with Crippen molar-refractivity contribution in [3.05, 3.63) is 65.2 Å². The lowest BCUT2D eigenvalue weighted by Crippen LogP contribution is -1.98. The fourth-order valence-corrected chi connectivity index (χ4v) is 1.98. The van der Waals surface area contributed by atoms with Crippen LogP contribution in [-0.2, 0) is 13.0 Å². The lowest BCUT2D eigenvalue weighted by molar-refractivity contribution is 0.303. The van der Waals surface area contributed by atoms with E-state index in [1.54, 1.807) is 0 Å². The number of aliphatic hydroxyl groups is 1. The van der Waals surface area contributed by atoms with Crippen molar-refractivity contribution in [1.29, 1.82) is 0 Å². The fraction of sp³-hybridized carbons (Fsp3) is 0.222. The maximum atomic E-state index is 8.71. The van der Waals surface area contributed by atoms with E-state index in [4.69, 9.17) is 9.84 Å². The Bertz CT molecular complexity index is 621. The van der Waals surface area contributed by atoms with E-state index in [2.05, 4.69) is 24.8 Å². The van der Waals surface area contributed by atoms with Crippen LogP contribution in [0.25, 0.3) is 0 Å². The number of para-hydroxylation sites is 1. The van der Waals surface area contributed by atoms with Crippen molar-refractivity contribution in [2.75, 3.05) is 6.61 Å². The lowest BCUT2D eigenvalue weighted by atomic mass is 10.1. The Kier molecular flexibility index (Phi) is 5.23. The predicted octanol–water partition coefficient (Wildman–Crippen LogP) is 3.17. The standard InChI is InChI=1S/C18H18O2/c1-2-17-10-3-4-11-18(17)20-14-16-8-5-7-15(13-16)9-6-12-19/h3-5,7-8,10-11,13,19H,2,12,14H2,1H3. The van der Waals surface area contributed by atoms with Crippen LogP contribution in [0.15, 0.2) is 48.5 Å². The highest BCUT2D eigenvalue weighted by Crippen LogP contribution is 2.19. The molecule has 2 rings (SSSR count). The molecule has 0 atom stereocenters. The zero-order valence-electron chi connectivity index (χ0n) is 11.6. The summed E-state index contributed by atoms with van der Waals surface area (Å²) in [6, 6.07) is 16.0. The summed E-state index contributed by atoms with van der Waals surface area (Å²) in [5.74, 6) is 6.48. The maximum Gasteiger partial charge on any atom is 0.122 e. The van der Waals surface area contributed by atoms with E-state index in [-0.39, 0.29) is 6.61 Å². The van der Waals surface area contributed by atoms with Gasteiger partial charge in [-0.15, -0.1) is 0 Å². The van der Waals surface area contributed by atoms with Gasteiger partial charge in [0.2, 0.25) is 0 Å². The molecule has 0 unspecified atom stereocenters. The van der Waals surface area contributed by atoms with Crippen LogP contribution in [0.4, 0.5) is 0 Å². The van der Waals surface area contributed by atoms with Gasteiger partial charge in [0.05, 0.1) is 0 Å². The Labute approximate surface area is 120 Å². The summed E-state index contributed by atoms with van der Waals surface area (Å²) in [5, 5.41) is 8.71. The molecule has 2 heteroatoms. The van der Waals surface area contributed by atoms with Crippen molar-refractivity contribution in [2.24, 2.45) is 0 Å². The van der Waals surface area contributed by atoms with Gasteiger partial charge in [-0.2, -0.15) is 0 Å². The van der Waals surface area contributed by atoms with Crippen molar-refractivity contribution >= 4 is 0 Å². The molecule has 0 aliphatic heterocycles. The molecule has 0 aliphatic carbocycles. The van der Waals surface area contributed by atoms with Gasteiger partial charge < -0.3 is 9.84 Å². The Hall–Kier alpha value is -2.24. The smallest absolute Gasteiger partial charge is 0.122 e. The van der Waals surface area contributed by atoms with Gasteiger partial charge in [0.15, 0.2) is 0 Å². The molecule has 0 amide bonds. The van der Waals surface area contributed by atoms with Gasteiger partial charge in [-0.05, 0) is 35.7 Å². The molecule has 2 aromatic carbocycles. The Morgan fingerprint density at radius 1 is 1.10 bits per heavy atom. The molecule has 0 saturated heterocycles. The highest BCUT2D eigenvalue weighted by Gasteiger charge is 2.01. The van der Waals surface area contributed by atoms with E-state index in [1.165, 1.54) is 5.56 Å². The molecule has 0 aromatic heterocycles. The summed E-state index contributed by atoms with van der Waals surface area (Å²) < 4.78 is 5.88. The van der Waals surface area contributed by atoms with Crippen LogP contribution in [0.1, 0.15) is 23.6 Å². The molecule has 0 heterocycles. The van der Waals surface area contributed by atoms with E-state index in [1.807, 2.05) is 42.5 Å². The first-order chi connectivity index (χ1) is 9.83. The molecule has 102 valence electrons. The number of hydrogen-bond acceptors (Lipinski definition) is 2. The van der Waals surface area contributed by atoms with Crippen molar-refractivity contribution < 1.29 is 9.84 Å². The lowest BCUT2D eigenvalue weighted by Gasteiger charge is -2.10. The third-order valence-electron chi connectivity index (χ3n) is 2.99. The van der Waals surface area contributed by atoms with Gasteiger partial charge in [0, 0.05) is 5.56 Å². The molecular formula is C18H18O2. The van der Waals surface area contributed by atoms with Crippen LogP contribution >= 0.6 is 0 Å². The van der Waals surface area contributed by atoms with E-state index in [9.17, 15) is 0 Å². The minimum absolute atomic E-state index is 0.120. The molecule has 2 nitrogen and oxygen atoms in total. The quantitative estimate of drug-likeness (QED) is 0.861. The minimum Gasteiger partial charge on any atom is -0.489 e. The van der Waals surface area contributed by atoms with Gasteiger partial charge in [0.25, 0.3) is 0 Å². The molecule has 2 aromatic rings. The number of benzene rings is 2. The highest BCUT2D eigenvalue weighted by molar-refractivity contribution is 5.38. The summed E-state index contributed by atoms with van der Waals surface area (Å²) in [7, 11) is 0. The second-order valence-corrected chi connectivity index (χ2v) is 4.41. The summed E-state index contributed by atoms with van der Waals surface area (Å²) in [6.07, 6.45) is 0.957. The second-order valence-electron chi connectivity index (χ2n) is 4.41. The average Bonchev–Trinajstić information content (AvgIpc) is 2.51. The molecule has 0 aliphatic rings. The number of hydrogen-bond donors (Lipinski definition) is 1. The molecular weight excluding hydrogens is 248 g/mol. The van der Waals surface area contributed by atoms with E-state index in [0.717, 1.165) is 23.3 Å². The Morgan fingerprint density at radius 2 is 1.95 bits per heavy atom. The van der Waals surface area contributed by atoms with Gasteiger partial charge in [0.1, 0.15) is 19.0 Å². The van der Waals surface area contributed by atoms with E-state index >= 15 is 0 Å². The third kappa shape index (κ3) is 3.88. The number of aliphatic hydroxyl groups excluding tert-OH is 1. The number of ether oxygens (including phenoxy) is 1. The van der Waals surface area contributed by atoms with Crippen molar-refractivity contribution in [2.45, 2.75) is 20.0 Å². The Morgan fingerprint density at radius 3 is 2.75 bits per heavy atom. The molecule has 0 spiro atoms. The molecule has 0 bridgehead atoms. The van der Waals surface area contributed by atoms with Gasteiger partial charge in [-0.3, -0.25) is 0 Å². The first kappa shape index (κ1) is 14.2. The zero-order valence-corrected chi connectivity index (χ0v) is 11.6. The minimum atomic E-state index is -0.120. The third-order valence-corrected chi connectivity index (χ3v) is 2.99. The SMILES string of the molecule is CCc1ccccc1OCc1cccc(C#CCO)c1. The monoisotopic (exact) mass is 266 g/mol. The van der Waals surface area contributed by atoms with Crippen LogP contribution < -0.4 is 4.74 Å². The number of aryl methyl sites for hydroxylation is 1. The average molecular weight is 266 g/mol. The largest absolute Gasteiger partial charge is 0.489 e. The van der Waals surface area contributed by atoms with Crippen LogP contribution in [-0.4, -0.2) is 11.7 Å². The molecule has 1 N–H and O–H groups in total. The van der Waals surface area contributed by atoms with Crippen molar-refractivity contribution in [3.63, 3.8) is 0 Å². The molecule has 0 radical (unpaired) electrons. The molecule has 20 heavy (non-hydrogen) atoms. The van der Waals surface area contributed by atoms with E-state index < -0.39 is 0 Å². The van der Waals surface area contributed by atoms with Gasteiger partial charge >= 0.3 is 0 Å². The normalized spacial score (nSPS) is 9.70. The highest BCUT2D eigenvalue weighted by atomic mass is 16.5. The molecule has 0 saturated carbocycles. The van der Waals surface area contributed by atoms with Crippen molar-refractivity contribution in [3.8, 4) is 17.6 Å². The maximum absolute atomic E-state index is 8.71. The van der Waals surface area contributed by atoms with Crippen molar-refractivity contribution in [1.82, 2.24) is 0 Å². The summed E-state index contributed by atoms with van der Waals surface area (Å²) in [5.41, 5.74) is 3.17. The second kappa shape index (κ2) is 7.37. The Balaban J connectivity index is 2.07. The number of rotatable bonds is 4. The van der Waals surface area contributed by atoms with Crippen LogP contribution in [0.3, 0.4) is 0 Å². The topological polar surface area (TPSA) is 29.5 Å². The van der Waals surface area contributed by atoms with Crippen LogP contribution in [0, 0.1) is 11.8 Å². The summed E-state index contributed by atoms with van der Waals surface area (Å²) in [6.45, 7) is 2.52. The van der Waals surface area contributed by atoms with Crippen LogP contribution in [0.2, 0.25) is 0 Å². The fourth-order valence-electron chi connectivity index (χ4n) is 1.98. The predicted molar refractivity (Wildman–Crippen MR) is 80.6 cm³/mol. The first-order valence-corrected chi connectivity index (χ1v) is 6.73. The van der Waals surface area contributed by atoms with Crippen LogP contribution in [0.5, 0.6) is 5.75 Å². The molecule has 0 fully saturated rings. The zero-order chi connectivity index (χ0) is 14.2. The first-order valence-electron chi connectivity index (χ1n) is 6.73. The van der Waals surface area contributed by atoms with Gasteiger partial charge in [-0.1, -0.05) is 49.1 Å².